The fourth-order valence-electron chi connectivity index (χ4n) is 2.41. The van der Waals surface area contributed by atoms with Gasteiger partial charge in [-0.05, 0) is 24.3 Å². The Morgan fingerprint density at radius 2 is 1.50 bits per heavy atom. The van der Waals surface area contributed by atoms with Crippen LogP contribution in [0, 0.1) is 11.6 Å². The molecule has 0 aliphatic rings. The number of pyridine rings is 1. The van der Waals surface area contributed by atoms with Gasteiger partial charge >= 0.3 is 0 Å². The molecular weight excluding hydrogens is 336 g/mol. The topological polar surface area (TPSA) is 54.0 Å². The summed E-state index contributed by atoms with van der Waals surface area (Å²) in [6.07, 6.45) is 1.49. The van der Waals surface area contributed by atoms with Crippen molar-refractivity contribution in [2.24, 2.45) is 0 Å². The third kappa shape index (κ3) is 4.42. The highest BCUT2D eigenvalue weighted by Gasteiger charge is 2.09. The maximum atomic E-state index is 13.6. The first kappa shape index (κ1) is 17.5. The van der Waals surface area contributed by atoms with Crippen LogP contribution >= 0.6 is 0 Å². The minimum Gasteiger partial charge on any atom is -0.381 e. The van der Waals surface area contributed by atoms with E-state index in [4.69, 9.17) is 0 Å². The molecule has 26 heavy (non-hydrogen) atoms. The quantitative estimate of drug-likeness (QED) is 0.707. The van der Waals surface area contributed by atoms with E-state index in [1.54, 1.807) is 48.5 Å². The number of rotatable bonds is 6. The summed E-state index contributed by atoms with van der Waals surface area (Å²) in [4.78, 5) is 16.3. The van der Waals surface area contributed by atoms with Crippen molar-refractivity contribution >= 4 is 11.6 Å². The molecule has 4 nitrogen and oxygen atoms in total. The number of amides is 1. The first-order valence-corrected chi connectivity index (χ1v) is 8.08. The summed E-state index contributed by atoms with van der Waals surface area (Å²) in [6.45, 7) is 0.354. The van der Waals surface area contributed by atoms with Gasteiger partial charge in [-0.3, -0.25) is 9.78 Å². The van der Waals surface area contributed by atoms with Crippen LogP contribution in [0.5, 0.6) is 0 Å². The molecule has 0 aliphatic carbocycles. The second-order valence-corrected chi connectivity index (χ2v) is 5.65. The van der Waals surface area contributed by atoms with E-state index in [1.165, 1.54) is 18.3 Å². The molecule has 1 aromatic heterocycles. The van der Waals surface area contributed by atoms with Gasteiger partial charge in [0, 0.05) is 36.1 Å². The molecule has 3 aromatic rings. The molecule has 0 bridgehead atoms. The molecule has 0 radical (unpaired) electrons. The van der Waals surface area contributed by atoms with Crippen molar-refractivity contribution in [1.82, 2.24) is 10.3 Å². The average molecular weight is 353 g/mol. The van der Waals surface area contributed by atoms with E-state index >= 15 is 0 Å². The number of aromatic nitrogens is 1. The van der Waals surface area contributed by atoms with Crippen molar-refractivity contribution in [3.8, 4) is 0 Å². The number of halogens is 2. The van der Waals surface area contributed by atoms with Gasteiger partial charge in [0.1, 0.15) is 17.3 Å². The predicted molar refractivity (Wildman–Crippen MR) is 95.5 cm³/mol. The van der Waals surface area contributed by atoms with E-state index in [-0.39, 0.29) is 30.4 Å². The third-order valence-electron chi connectivity index (χ3n) is 3.83. The number of hydrogen-bond donors (Lipinski definition) is 2. The minimum atomic E-state index is -0.414. The second-order valence-electron chi connectivity index (χ2n) is 5.65. The lowest BCUT2D eigenvalue weighted by atomic mass is 10.2. The zero-order valence-corrected chi connectivity index (χ0v) is 13.9. The zero-order chi connectivity index (χ0) is 18.4. The van der Waals surface area contributed by atoms with E-state index in [9.17, 15) is 13.6 Å². The molecule has 2 N–H and O–H groups in total. The summed E-state index contributed by atoms with van der Waals surface area (Å²) in [5.74, 6) is -1.08. The lowest BCUT2D eigenvalue weighted by Crippen LogP contribution is -2.24. The molecular formula is C20H17F2N3O. The number of carbonyl (C=O) groups is 1. The highest BCUT2D eigenvalue weighted by atomic mass is 19.1. The van der Waals surface area contributed by atoms with Crippen LogP contribution in [-0.2, 0) is 13.1 Å². The van der Waals surface area contributed by atoms with Crippen molar-refractivity contribution in [2.75, 3.05) is 5.32 Å². The summed E-state index contributed by atoms with van der Waals surface area (Å²) < 4.78 is 27.2. The van der Waals surface area contributed by atoms with E-state index in [1.807, 2.05) is 0 Å². The Balaban J connectivity index is 1.62. The lowest BCUT2D eigenvalue weighted by Gasteiger charge is -2.09. The Kier molecular flexibility index (Phi) is 5.53. The summed E-state index contributed by atoms with van der Waals surface area (Å²) in [5.41, 5.74) is 1.75. The first-order valence-electron chi connectivity index (χ1n) is 8.08. The molecule has 0 spiro atoms. The molecule has 1 heterocycles. The summed E-state index contributed by atoms with van der Waals surface area (Å²) >= 11 is 0. The van der Waals surface area contributed by atoms with Crippen LogP contribution in [-0.4, -0.2) is 10.9 Å². The first-order chi connectivity index (χ1) is 12.6. The van der Waals surface area contributed by atoms with Gasteiger partial charge in [-0.15, -0.1) is 0 Å². The monoisotopic (exact) mass is 353 g/mol. The average Bonchev–Trinajstić information content (AvgIpc) is 2.67. The van der Waals surface area contributed by atoms with Crippen molar-refractivity contribution in [3.05, 3.63) is 95.3 Å². The Morgan fingerprint density at radius 3 is 2.15 bits per heavy atom. The van der Waals surface area contributed by atoms with E-state index in [2.05, 4.69) is 15.6 Å². The molecule has 6 heteroatoms. The Hall–Kier alpha value is -3.28. The second kappa shape index (κ2) is 8.20. The van der Waals surface area contributed by atoms with E-state index in [0.717, 1.165) is 0 Å². The zero-order valence-electron chi connectivity index (χ0n) is 13.9. The molecule has 0 fully saturated rings. The number of anilines is 1. The van der Waals surface area contributed by atoms with Gasteiger partial charge in [-0.2, -0.15) is 0 Å². The largest absolute Gasteiger partial charge is 0.381 e. The van der Waals surface area contributed by atoms with Crippen LogP contribution in [0.4, 0.5) is 14.5 Å². The highest BCUT2D eigenvalue weighted by Crippen LogP contribution is 2.13. The van der Waals surface area contributed by atoms with Crippen molar-refractivity contribution < 1.29 is 13.6 Å². The number of nitrogens with one attached hydrogen (secondary N) is 2. The van der Waals surface area contributed by atoms with Crippen molar-refractivity contribution in [3.63, 3.8) is 0 Å². The van der Waals surface area contributed by atoms with E-state index in [0.29, 0.717) is 16.8 Å². The maximum Gasteiger partial charge on any atom is 0.270 e. The van der Waals surface area contributed by atoms with Gasteiger partial charge < -0.3 is 10.6 Å². The Morgan fingerprint density at radius 1 is 0.885 bits per heavy atom. The Bertz CT molecular complexity index is 915. The maximum absolute atomic E-state index is 13.6. The van der Waals surface area contributed by atoms with Crippen molar-refractivity contribution in [1.29, 1.82) is 0 Å². The van der Waals surface area contributed by atoms with Gasteiger partial charge in [0.25, 0.3) is 5.91 Å². The lowest BCUT2D eigenvalue weighted by molar-refractivity contribution is 0.0945. The number of nitrogens with zero attached hydrogens (tertiary/aromatic N) is 1. The van der Waals surface area contributed by atoms with Crippen LogP contribution in [0.2, 0.25) is 0 Å². The van der Waals surface area contributed by atoms with Crippen LogP contribution in [0.1, 0.15) is 21.6 Å². The van der Waals surface area contributed by atoms with Crippen LogP contribution in [0.25, 0.3) is 0 Å². The normalized spacial score (nSPS) is 10.4. The molecule has 1 amide bonds. The minimum absolute atomic E-state index is 0.0695. The summed E-state index contributed by atoms with van der Waals surface area (Å²) in [7, 11) is 0. The summed E-state index contributed by atoms with van der Waals surface area (Å²) in [5, 5.41) is 5.70. The molecule has 0 saturated heterocycles. The van der Waals surface area contributed by atoms with Gasteiger partial charge in [0.15, 0.2) is 0 Å². The van der Waals surface area contributed by atoms with Gasteiger partial charge in [0.05, 0.1) is 0 Å². The van der Waals surface area contributed by atoms with Crippen LogP contribution in [0.15, 0.2) is 66.9 Å². The smallest absolute Gasteiger partial charge is 0.270 e. The standard InChI is InChI=1S/C20H17F2N3O/c21-17-7-3-1-5-14(17)12-24-16-9-10-23-19(11-16)20(26)25-13-15-6-2-4-8-18(15)22/h1-11H,12-13H2,(H,23,24)(H,25,26). The SMILES string of the molecule is O=C(NCc1ccccc1F)c1cc(NCc2ccccc2F)ccn1. The van der Waals surface area contributed by atoms with Crippen molar-refractivity contribution in [2.45, 2.75) is 13.1 Å². The van der Waals surface area contributed by atoms with Gasteiger partial charge in [-0.25, -0.2) is 8.78 Å². The van der Waals surface area contributed by atoms with Crippen LogP contribution < -0.4 is 10.6 Å². The number of carbonyl (C=O) groups excluding carboxylic acids is 1. The van der Waals surface area contributed by atoms with Crippen LogP contribution in [0.3, 0.4) is 0 Å². The fourth-order valence-corrected chi connectivity index (χ4v) is 2.41. The molecule has 0 atom stereocenters. The highest BCUT2D eigenvalue weighted by molar-refractivity contribution is 5.93. The predicted octanol–water partition coefficient (Wildman–Crippen LogP) is 3.90. The third-order valence-corrected chi connectivity index (χ3v) is 3.83. The van der Waals surface area contributed by atoms with E-state index < -0.39 is 5.91 Å². The van der Waals surface area contributed by atoms with Gasteiger partial charge in [0.2, 0.25) is 0 Å². The number of hydrogen-bond acceptors (Lipinski definition) is 3. The molecule has 0 saturated carbocycles. The Labute approximate surface area is 149 Å². The molecule has 0 aliphatic heterocycles. The molecule has 132 valence electrons. The van der Waals surface area contributed by atoms with Gasteiger partial charge in [-0.1, -0.05) is 36.4 Å². The molecule has 3 rings (SSSR count). The fraction of sp³-hybridized carbons (Fsp3) is 0.100. The molecule has 0 unspecified atom stereocenters. The summed E-state index contributed by atoms with van der Waals surface area (Å²) in [6, 6.07) is 16.0. The number of benzene rings is 2. The molecule has 2 aromatic carbocycles.